The van der Waals surface area contributed by atoms with Crippen molar-refractivity contribution >= 4 is 17.6 Å². The Labute approximate surface area is 99.9 Å². The van der Waals surface area contributed by atoms with E-state index in [0.717, 1.165) is 17.0 Å². The number of ether oxygens (including phenoxy) is 1. The summed E-state index contributed by atoms with van der Waals surface area (Å²) in [5.74, 6) is 0. The van der Waals surface area contributed by atoms with Crippen LogP contribution in [0.25, 0.3) is 0 Å². The van der Waals surface area contributed by atoms with E-state index in [9.17, 15) is 4.79 Å². The Morgan fingerprint density at radius 3 is 2.62 bits per heavy atom. The van der Waals surface area contributed by atoms with Gasteiger partial charge in [-0.25, -0.2) is 4.79 Å². The lowest BCUT2D eigenvalue weighted by Gasteiger charge is -2.06. The fourth-order valence-corrected chi connectivity index (χ4v) is 1.30. The van der Waals surface area contributed by atoms with E-state index in [1.54, 1.807) is 0 Å². The first kappa shape index (κ1) is 12.8. The molecule has 0 atom stereocenters. The first-order chi connectivity index (χ1) is 7.72. The maximum Gasteiger partial charge on any atom is 0.316 e. The van der Waals surface area contributed by atoms with E-state index in [1.165, 1.54) is 7.11 Å². The van der Waals surface area contributed by atoms with Crippen molar-refractivity contribution in [2.75, 3.05) is 20.4 Å². The molecule has 16 heavy (non-hydrogen) atoms. The molecule has 5 heteroatoms. The molecule has 2 amide bonds. The second-order valence-electron chi connectivity index (χ2n) is 3.24. The third kappa shape index (κ3) is 5.00. The number of hydrogen-bond acceptors (Lipinski definition) is 2. The van der Waals surface area contributed by atoms with Crippen molar-refractivity contribution in [1.29, 1.82) is 0 Å². The lowest BCUT2D eigenvalue weighted by Crippen LogP contribution is -2.37. The topological polar surface area (TPSA) is 50.4 Å². The van der Waals surface area contributed by atoms with Crippen LogP contribution in [0.1, 0.15) is 5.56 Å². The normalized spacial score (nSPS) is 9.88. The molecule has 0 bridgehead atoms. The van der Waals surface area contributed by atoms with Crippen LogP contribution in [0.5, 0.6) is 0 Å². The van der Waals surface area contributed by atoms with Crippen LogP contribution in [0.2, 0.25) is 5.02 Å². The Morgan fingerprint density at radius 2 is 2.00 bits per heavy atom. The summed E-state index contributed by atoms with van der Waals surface area (Å²) in [4.78, 5) is 11.1. The minimum absolute atomic E-state index is 0.215. The number of rotatable bonds is 5. The number of urea groups is 1. The summed E-state index contributed by atoms with van der Waals surface area (Å²) in [5.41, 5.74) is 1.14. The molecule has 1 rings (SSSR count). The number of halogens is 1. The third-order valence-corrected chi connectivity index (χ3v) is 2.24. The summed E-state index contributed by atoms with van der Waals surface area (Å²) < 4.78 is 4.70. The van der Waals surface area contributed by atoms with Crippen LogP contribution in [0.4, 0.5) is 4.79 Å². The van der Waals surface area contributed by atoms with Gasteiger partial charge in [-0.2, -0.15) is 0 Å². The van der Waals surface area contributed by atoms with Gasteiger partial charge >= 0.3 is 6.03 Å². The van der Waals surface area contributed by atoms with Gasteiger partial charge in [0.15, 0.2) is 0 Å². The summed E-state index contributed by atoms with van der Waals surface area (Å²) in [6, 6.07) is 7.33. The maximum absolute atomic E-state index is 11.1. The fraction of sp³-hybridized carbons (Fsp3) is 0.364. The highest BCUT2D eigenvalue weighted by Gasteiger charge is 1.98. The van der Waals surface area contributed by atoms with Crippen molar-refractivity contribution in [2.24, 2.45) is 0 Å². The number of hydrogen-bond donors (Lipinski definition) is 2. The van der Waals surface area contributed by atoms with Crippen LogP contribution < -0.4 is 10.6 Å². The van der Waals surface area contributed by atoms with Gasteiger partial charge in [0.05, 0.1) is 0 Å². The number of methoxy groups -OCH3 is 1. The minimum atomic E-state index is -0.226. The Bertz CT molecular complexity index is 327. The number of amides is 2. The Morgan fingerprint density at radius 1 is 1.31 bits per heavy atom. The Kier molecular flexibility index (Phi) is 5.67. The van der Waals surface area contributed by atoms with Gasteiger partial charge in [0.25, 0.3) is 0 Å². The number of carbonyl (C=O) groups is 1. The highest BCUT2D eigenvalue weighted by atomic mass is 35.5. The summed E-state index contributed by atoms with van der Waals surface area (Å²) in [6.45, 7) is 0.796. The van der Waals surface area contributed by atoms with Crippen LogP contribution in [-0.4, -0.2) is 26.4 Å². The molecule has 0 unspecified atom stereocenters. The molecule has 0 aliphatic rings. The fourth-order valence-electron chi connectivity index (χ4n) is 1.17. The molecule has 1 aromatic carbocycles. The lowest BCUT2D eigenvalue weighted by molar-refractivity contribution is 0.172. The summed E-state index contributed by atoms with van der Waals surface area (Å²) in [7, 11) is 1.52. The predicted molar refractivity (Wildman–Crippen MR) is 63.6 cm³/mol. The van der Waals surface area contributed by atoms with Gasteiger partial charge in [0, 0.05) is 18.7 Å². The first-order valence-electron chi connectivity index (χ1n) is 4.97. The number of carbonyl (C=O) groups excluding carboxylic acids is 1. The molecule has 88 valence electrons. The molecular weight excluding hydrogens is 228 g/mol. The molecule has 0 aliphatic heterocycles. The van der Waals surface area contributed by atoms with E-state index < -0.39 is 0 Å². The smallest absolute Gasteiger partial charge is 0.316 e. The SMILES string of the molecule is COCNC(=O)NCCc1ccc(Cl)cc1. The maximum atomic E-state index is 11.1. The van der Waals surface area contributed by atoms with Crippen LogP contribution in [-0.2, 0) is 11.2 Å². The molecule has 0 saturated carbocycles. The third-order valence-electron chi connectivity index (χ3n) is 1.99. The molecular formula is C11H15ClN2O2. The Hall–Kier alpha value is -1.26. The average molecular weight is 243 g/mol. The van der Waals surface area contributed by atoms with E-state index in [4.69, 9.17) is 16.3 Å². The standard InChI is InChI=1S/C11H15ClN2O2/c1-16-8-14-11(15)13-7-6-9-2-4-10(12)5-3-9/h2-5H,6-8H2,1H3,(H2,13,14,15). The molecule has 0 saturated heterocycles. The molecule has 0 fully saturated rings. The molecule has 0 radical (unpaired) electrons. The minimum Gasteiger partial charge on any atom is -0.364 e. The number of benzene rings is 1. The van der Waals surface area contributed by atoms with Crippen LogP contribution in [0.3, 0.4) is 0 Å². The van der Waals surface area contributed by atoms with Gasteiger partial charge in [-0.05, 0) is 24.1 Å². The molecule has 0 aliphatic carbocycles. The van der Waals surface area contributed by atoms with Crippen molar-refractivity contribution in [3.8, 4) is 0 Å². The average Bonchev–Trinajstić information content (AvgIpc) is 2.29. The summed E-state index contributed by atoms with van der Waals surface area (Å²) in [6.07, 6.45) is 0.775. The highest BCUT2D eigenvalue weighted by molar-refractivity contribution is 6.30. The lowest BCUT2D eigenvalue weighted by atomic mass is 10.1. The largest absolute Gasteiger partial charge is 0.364 e. The zero-order valence-electron chi connectivity index (χ0n) is 9.13. The van der Waals surface area contributed by atoms with E-state index in [2.05, 4.69) is 10.6 Å². The van der Waals surface area contributed by atoms with Crippen molar-refractivity contribution in [2.45, 2.75) is 6.42 Å². The zero-order chi connectivity index (χ0) is 11.8. The number of nitrogens with one attached hydrogen (secondary N) is 2. The van der Waals surface area contributed by atoms with Crippen molar-refractivity contribution in [1.82, 2.24) is 10.6 Å². The first-order valence-corrected chi connectivity index (χ1v) is 5.35. The van der Waals surface area contributed by atoms with E-state index in [-0.39, 0.29) is 12.8 Å². The second kappa shape index (κ2) is 7.09. The van der Waals surface area contributed by atoms with Crippen LogP contribution in [0, 0.1) is 0 Å². The predicted octanol–water partition coefficient (Wildman–Crippen LogP) is 1.79. The van der Waals surface area contributed by atoms with Gasteiger partial charge in [-0.15, -0.1) is 0 Å². The molecule has 1 aromatic rings. The molecule has 2 N–H and O–H groups in total. The molecule has 4 nitrogen and oxygen atoms in total. The summed E-state index contributed by atoms with van der Waals surface area (Å²) in [5, 5.41) is 5.97. The van der Waals surface area contributed by atoms with Crippen molar-refractivity contribution in [3.05, 3.63) is 34.9 Å². The van der Waals surface area contributed by atoms with E-state index in [0.29, 0.717) is 6.54 Å². The van der Waals surface area contributed by atoms with Gasteiger partial charge in [-0.1, -0.05) is 23.7 Å². The van der Waals surface area contributed by atoms with Gasteiger partial charge in [0.1, 0.15) is 6.73 Å². The zero-order valence-corrected chi connectivity index (χ0v) is 9.88. The second-order valence-corrected chi connectivity index (χ2v) is 3.68. The molecule has 0 heterocycles. The van der Waals surface area contributed by atoms with E-state index in [1.807, 2.05) is 24.3 Å². The van der Waals surface area contributed by atoms with Crippen molar-refractivity contribution < 1.29 is 9.53 Å². The molecule has 0 spiro atoms. The quantitative estimate of drug-likeness (QED) is 0.774. The Balaban J connectivity index is 2.20. The van der Waals surface area contributed by atoms with Gasteiger partial charge < -0.3 is 15.4 Å². The van der Waals surface area contributed by atoms with Gasteiger partial charge in [-0.3, -0.25) is 0 Å². The van der Waals surface area contributed by atoms with Crippen LogP contribution in [0.15, 0.2) is 24.3 Å². The summed E-state index contributed by atoms with van der Waals surface area (Å²) >= 11 is 5.76. The van der Waals surface area contributed by atoms with E-state index >= 15 is 0 Å². The highest BCUT2D eigenvalue weighted by Crippen LogP contribution is 2.09. The molecule has 0 aromatic heterocycles. The van der Waals surface area contributed by atoms with Crippen LogP contribution >= 0.6 is 11.6 Å². The monoisotopic (exact) mass is 242 g/mol. The van der Waals surface area contributed by atoms with Crippen molar-refractivity contribution in [3.63, 3.8) is 0 Å². The van der Waals surface area contributed by atoms with Gasteiger partial charge in [0.2, 0.25) is 0 Å².